The maximum atomic E-state index is 13.0. The molecule has 2 aromatic heterocycles. The zero-order chi connectivity index (χ0) is 33.3. The Kier molecular flexibility index (Phi) is 10.1. The molecule has 3 aromatic carbocycles. The highest BCUT2D eigenvalue weighted by molar-refractivity contribution is 6.00. The second-order valence-corrected chi connectivity index (χ2v) is 10.6. The Bertz CT molecular complexity index is 1760. The van der Waals surface area contributed by atoms with Crippen molar-refractivity contribution in [2.75, 3.05) is 14.2 Å². The lowest BCUT2D eigenvalue weighted by molar-refractivity contribution is 0.0592. The summed E-state index contributed by atoms with van der Waals surface area (Å²) < 4.78 is 12.7. The number of amides is 2. The van der Waals surface area contributed by atoms with E-state index in [9.17, 15) is 19.2 Å². The Morgan fingerprint density at radius 3 is 1.40 bits per heavy atom. The standard InChI is InChI=1S/C33H32N8O6/c1-21-12-26(30(42)34-15-28-19-40(38-36-28)17-22-4-8-24(9-5-22)32(44)46-2)14-27(13-21)31(43)35-16-29-20-41(39-37-29)18-23-6-10-25(11-7-23)33(45)47-3/h4-14,19-20H,15-18H2,1-3H3,(H,34,42)(H,35,43). The molecule has 47 heavy (non-hydrogen) atoms. The average Bonchev–Trinajstić information content (AvgIpc) is 3.74. The largest absolute Gasteiger partial charge is 0.465 e. The molecule has 2 heterocycles. The average molecular weight is 637 g/mol. The van der Waals surface area contributed by atoms with E-state index in [0.29, 0.717) is 46.7 Å². The molecule has 0 aliphatic carbocycles. The predicted molar refractivity (Wildman–Crippen MR) is 167 cm³/mol. The number of nitrogens with one attached hydrogen (secondary N) is 2. The molecule has 0 aliphatic rings. The van der Waals surface area contributed by atoms with Crippen LogP contribution in [0.15, 0.2) is 79.1 Å². The molecule has 2 N–H and O–H groups in total. The number of methoxy groups -OCH3 is 2. The van der Waals surface area contributed by atoms with Crippen LogP contribution >= 0.6 is 0 Å². The smallest absolute Gasteiger partial charge is 0.337 e. The van der Waals surface area contributed by atoms with E-state index in [-0.39, 0.29) is 24.9 Å². The summed E-state index contributed by atoms with van der Waals surface area (Å²) in [5, 5.41) is 22.1. The first-order valence-electron chi connectivity index (χ1n) is 14.5. The number of carbonyl (C=O) groups is 4. The molecule has 0 atom stereocenters. The van der Waals surface area contributed by atoms with E-state index < -0.39 is 11.9 Å². The highest BCUT2D eigenvalue weighted by atomic mass is 16.5. The fraction of sp³-hybridized carbons (Fsp3) is 0.212. The van der Waals surface area contributed by atoms with Crippen LogP contribution < -0.4 is 10.6 Å². The third-order valence-corrected chi connectivity index (χ3v) is 7.07. The summed E-state index contributed by atoms with van der Waals surface area (Å²) in [5.41, 5.74) is 5.26. The van der Waals surface area contributed by atoms with Gasteiger partial charge in [-0.2, -0.15) is 0 Å². The van der Waals surface area contributed by atoms with E-state index in [1.807, 2.05) is 0 Å². The van der Waals surface area contributed by atoms with Crippen molar-refractivity contribution in [3.63, 3.8) is 0 Å². The molecule has 0 fully saturated rings. The van der Waals surface area contributed by atoms with Crippen LogP contribution in [0, 0.1) is 6.92 Å². The lowest BCUT2D eigenvalue weighted by Gasteiger charge is -2.08. The van der Waals surface area contributed by atoms with E-state index in [0.717, 1.165) is 16.7 Å². The number of aromatic nitrogens is 6. The van der Waals surface area contributed by atoms with Crippen molar-refractivity contribution >= 4 is 23.8 Å². The van der Waals surface area contributed by atoms with Gasteiger partial charge in [-0.1, -0.05) is 34.7 Å². The first-order valence-corrected chi connectivity index (χ1v) is 14.5. The lowest BCUT2D eigenvalue weighted by atomic mass is 10.1. The van der Waals surface area contributed by atoms with Crippen LogP contribution in [-0.4, -0.2) is 68.0 Å². The Morgan fingerprint density at radius 2 is 1.02 bits per heavy atom. The predicted octanol–water partition coefficient (Wildman–Crippen LogP) is 2.71. The van der Waals surface area contributed by atoms with Gasteiger partial charge in [0.2, 0.25) is 0 Å². The van der Waals surface area contributed by atoms with Crippen molar-refractivity contribution in [2.45, 2.75) is 33.1 Å². The van der Waals surface area contributed by atoms with Crippen molar-refractivity contribution < 1.29 is 28.7 Å². The van der Waals surface area contributed by atoms with Gasteiger partial charge in [0.15, 0.2) is 0 Å². The Labute approximate surface area is 269 Å². The van der Waals surface area contributed by atoms with E-state index in [2.05, 4.69) is 31.3 Å². The molecule has 0 bridgehead atoms. The van der Waals surface area contributed by atoms with Crippen molar-refractivity contribution in [1.82, 2.24) is 40.6 Å². The van der Waals surface area contributed by atoms with Crippen molar-refractivity contribution in [1.29, 1.82) is 0 Å². The van der Waals surface area contributed by atoms with Crippen LogP contribution in [0.4, 0.5) is 0 Å². The van der Waals surface area contributed by atoms with Crippen LogP contribution in [0.3, 0.4) is 0 Å². The van der Waals surface area contributed by atoms with Crippen molar-refractivity contribution in [3.05, 3.63) is 129 Å². The molecule has 240 valence electrons. The number of carbonyl (C=O) groups excluding carboxylic acids is 4. The number of esters is 2. The maximum Gasteiger partial charge on any atom is 0.337 e. The summed E-state index contributed by atoms with van der Waals surface area (Å²) in [6.45, 7) is 2.95. The van der Waals surface area contributed by atoms with Gasteiger partial charge in [0.25, 0.3) is 11.8 Å². The molecule has 14 nitrogen and oxygen atoms in total. The van der Waals surface area contributed by atoms with Crippen LogP contribution in [-0.2, 0) is 35.7 Å². The van der Waals surface area contributed by atoms with Gasteiger partial charge in [0.1, 0.15) is 11.4 Å². The van der Waals surface area contributed by atoms with E-state index in [1.165, 1.54) is 20.3 Å². The molecule has 2 amide bonds. The van der Waals surface area contributed by atoms with Gasteiger partial charge in [0, 0.05) is 11.1 Å². The van der Waals surface area contributed by atoms with Crippen LogP contribution in [0.5, 0.6) is 0 Å². The van der Waals surface area contributed by atoms with Gasteiger partial charge >= 0.3 is 11.9 Å². The second kappa shape index (κ2) is 14.7. The highest BCUT2D eigenvalue weighted by Crippen LogP contribution is 2.12. The SMILES string of the molecule is COC(=O)c1ccc(Cn2cc(CNC(=O)c3cc(C)cc(C(=O)NCc4cn(Cc5ccc(C(=O)OC)cc5)nn4)c3)nn2)cc1. The van der Waals surface area contributed by atoms with Crippen molar-refractivity contribution in [3.8, 4) is 0 Å². The first kappa shape index (κ1) is 32.2. The van der Waals surface area contributed by atoms with E-state index in [4.69, 9.17) is 9.47 Å². The summed E-state index contributed by atoms with van der Waals surface area (Å²) in [7, 11) is 2.66. The number of benzene rings is 3. The number of rotatable bonds is 12. The quantitative estimate of drug-likeness (QED) is 0.194. The molecule has 0 saturated carbocycles. The summed E-state index contributed by atoms with van der Waals surface area (Å²) in [6, 6.07) is 18.9. The van der Waals surface area contributed by atoms with E-state index >= 15 is 0 Å². The zero-order valence-corrected chi connectivity index (χ0v) is 26.0. The maximum absolute atomic E-state index is 13.0. The summed E-state index contributed by atoms with van der Waals surface area (Å²) in [5.74, 6) is -1.54. The molecular weight excluding hydrogens is 604 g/mol. The molecule has 0 radical (unpaired) electrons. The molecule has 0 spiro atoms. The summed E-state index contributed by atoms with van der Waals surface area (Å²) in [6.07, 6.45) is 3.45. The van der Waals surface area contributed by atoms with E-state index in [1.54, 1.807) is 89.3 Å². The first-order chi connectivity index (χ1) is 22.7. The summed E-state index contributed by atoms with van der Waals surface area (Å²) >= 11 is 0. The second-order valence-electron chi connectivity index (χ2n) is 10.6. The molecule has 0 unspecified atom stereocenters. The minimum absolute atomic E-state index is 0.140. The third-order valence-electron chi connectivity index (χ3n) is 7.07. The number of ether oxygens (including phenoxy) is 2. The minimum Gasteiger partial charge on any atom is -0.465 e. The molecular formula is C33H32N8O6. The lowest BCUT2D eigenvalue weighted by Crippen LogP contribution is -2.26. The number of nitrogens with zero attached hydrogens (tertiary/aromatic N) is 6. The highest BCUT2D eigenvalue weighted by Gasteiger charge is 2.14. The Morgan fingerprint density at radius 1 is 0.617 bits per heavy atom. The van der Waals surface area contributed by atoms with Crippen LogP contribution in [0.25, 0.3) is 0 Å². The molecule has 14 heteroatoms. The molecule has 0 saturated heterocycles. The monoisotopic (exact) mass is 636 g/mol. The molecule has 5 aromatic rings. The van der Waals surface area contributed by atoms with Crippen LogP contribution in [0.1, 0.15) is 69.5 Å². The molecule has 0 aliphatic heterocycles. The Hall–Kier alpha value is -6.18. The summed E-state index contributed by atoms with van der Waals surface area (Å²) in [4.78, 5) is 49.2. The van der Waals surface area contributed by atoms with Crippen LogP contribution in [0.2, 0.25) is 0 Å². The van der Waals surface area contributed by atoms with Gasteiger partial charge in [-0.15, -0.1) is 10.2 Å². The number of hydrogen-bond acceptors (Lipinski definition) is 10. The van der Waals surface area contributed by atoms with Crippen molar-refractivity contribution in [2.24, 2.45) is 0 Å². The Balaban J connectivity index is 1.12. The fourth-order valence-electron chi connectivity index (χ4n) is 4.69. The number of hydrogen-bond donors (Lipinski definition) is 2. The third kappa shape index (κ3) is 8.51. The number of aryl methyl sites for hydroxylation is 1. The topological polar surface area (TPSA) is 172 Å². The normalized spacial score (nSPS) is 10.7. The fourth-order valence-corrected chi connectivity index (χ4v) is 4.69. The van der Waals surface area contributed by atoms with Gasteiger partial charge < -0.3 is 20.1 Å². The van der Waals surface area contributed by atoms with Gasteiger partial charge in [0.05, 0.1) is 63.9 Å². The zero-order valence-electron chi connectivity index (χ0n) is 26.0. The van der Waals surface area contributed by atoms with Gasteiger partial charge in [-0.05, 0) is 66.1 Å². The minimum atomic E-state index is -0.405. The van der Waals surface area contributed by atoms with Gasteiger partial charge in [-0.25, -0.2) is 19.0 Å². The molecule has 5 rings (SSSR count). The van der Waals surface area contributed by atoms with Gasteiger partial charge in [-0.3, -0.25) is 9.59 Å².